The third kappa shape index (κ3) is 9.19. The maximum Gasteiger partial charge on any atom is 0.308 e. The van der Waals surface area contributed by atoms with Gasteiger partial charge < -0.3 is 10.5 Å². The Kier molecular flexibility index (Phi) is 6.65. The Morgan fingerprint density at radius 2 is 2.08 bits per heavy atom. The average molecular weight is 206 g/mol. The van der Waals surface area contributed by atoms with Gasteiger partial charge in [-0.3, -0.25) is 4.79 Å². The van der Waals surface area contributed by atoms with Crippen molar-refractivity contribution in [2.45, 2.75) is 38.8 Å². The second kappa shape index (κ2) is 5.85. The van der Waals surface area contributed by atoms with Crippen molar-refractivity contribution in [3.8, 4) is 12.3 Å². The molecule has 13 heavy (non-hydrogen) atoms. The number of terminal acetylenes is 1. The van der Waals surface area contributed by atoms with E-state index in [1.807, 2.05) is 0 Å². The minimum atomic E-state index is -0.542. The van der Waals surface area contributed by atoms with Gasteiger partial charge in [0.05, 0.1) is 12.5 Å². The fourth-order valence-electron chi connectivity index (χ4n) is 0.622. The van der Waals surface area contributed by atoms with Crippen LogP contribution in [0.25, 0.3) is 0 Å². The van der Waals surface area contributed by atoms with E-state index in [0.717, 1.165) is 0 Å². The Morgan fingerprint density at radius 3 is 2.38 bits per heavy atom. The number of hydrogen-bond donors (Lipinski definition) is 1. The fourth-order valence-corrected chi connectivity index (χ4v) is 0.622. The molecule has 3 nitrogen and oxygen atoms in total. The maximum atomic E-state index is 11.0. The Bertz CT molecular complexity index is 203. The molecule has 0 spiro atoms. The number of halogens is 1. The molecule has 0 bridgehead atoms. The van der Waals surface area contributed by atoms with Gasteiger partial charge in [0.1, 0.15) is 5.60 Å². The molecule has 0 aliphatic rings. The molecule has 2 N–H and O–H groups in total. The summed E-state index contributed by atoms with van der Waals surface area (Å²) >= 11 is 0. The topological polar surface area (TPSA) is 52.3 Å². The zero-order valence-electron chi connectivity index (χ0n) is 8.16. The van der Waals surface area contributed by atoms with Gasteiger partial charge in [0.25, 0.3) is 0 Å². The van der Waals surface area contributed by atoms with Gasteiger partial charge in [-0.15, -0.1) is 18.8 Å². The zero-order valence-corrected chi connectivity index (χ0v) is 8.98. The molecule has 0 fully saturated rings. The molecule has 0 aliphatic carbocycles. The number of esters is 1. The molecule has 0 radical (unpaired) electrons. The highest BCUT2D eigenvalue weighted by Gasteiger charge is 2.17. The van der Waals surface area contributed by atoms with E-state index >= 15 is 0 Å². The van der Waals surface area contributed by atoms with Gasteiger partial charge >= 0.3 is 5.97 Å². The first-order valence-electron chi connectivity index (χ1n) is 3.78. The fraction of sp³-hybridized carbons (Fsp3) is 0.667. The molecular weight excluding hydrogens is 190 g/mol. The van der Waals surface area contributed by atoms with Crippen molar-refractivity contribution in [3.05, 3.63) is 0 Å². The molecule has 0 rings (SSSR count). The van der Waals surface area contributed by atoms with Crippen molar-refractivity contribution >= 4 is 18.4 Å². The summed E-state index contributed by atoms with van der Waals surface area (Å²) in [7, 11) is 0. The smallest absolute Gasteiger partial charge is 0.308 e. The molecule has 0 unspecified atom stereocenters. The highest BCUT2D eigenvalue weighted by molar-refractivity contribution is 5.85. The first-order valence-corrected chi connectivity index (χ1v) is 3.78. The summed E-state index contributed by atoms with van der Waals surface area (Å²) in [6.45, 7) is 5.39. The number of rotatable bonds is 2. The van der Waals surface area contributed by atoms with Crippen LogP contribution in [0, 0.1) is 12.3 Å². The summed E-state index contributed by atoms with van der Waals surface area (Å²) in [6, 6.07) is -0.542. The van der Waals surface area contributed by atoms with Crippen molar-refractivity contribution in [1.82, 2.24) is 0 Å². The standard InChI is InChI=1S/C9H15NO2.ClH/c1-5-7(10)6-8(11)12-9(2,3)4;/h1,7H,6,10H2,2-4H3;1H/t7-;/m1./s1. The van der Waals surface area contributed by atoms with Crippen molar-refractivity contribution < 1.29 is 9.53 Å². The van der Waals surface area contributed by atoms with Gasteiger partial charge in [0.15, 0.2) is 0 Å². The van der Waals surface area contributed by atoms with E-state index in [4.69, 9.17) is 16.9 Å². The van der Waals surface area contributed by atoms with E-state index in [9.17, 15) is 4.79 Å². The molecular formula is C9H16ClNO2. The van der Waals surface area contributed by atoms with Gasteiger partial charge in [0, 0.05) is 0 Å². The van der Waals surface area contributed by atoms with E-state index in [1.54, 1.807) is 20.8 Å². The number of nitrogens with two attached hydrogens (primary N) is 1. The third-order valence-corrected chi connectivity index (χ3v) is 1.02. The quantitative estimate of drug-likeness (QED) is 0.543. The average Bonchev–Trinajstić information content (AvgIpc) is 1.82. The van der Waals surface area contributed by atoms with Crippen LogP contribution in [-0.2, 0) is 9.53 Å². The molecule has 0 aromatic rings. The lowest BCUT2D eigenvalue weighted by molar-refractivity contribution is -0.154. The molecule has 0 saturated carbocycles. The number of carbonyl (C=O) groups excluding carboxylic acids is 1. The maximum absolute atomic E-state index is 11.0. The van der Waals surface area contributed by atoms with E-state index < -0.39 is 11.6 Å². The summed E-state index contributed by atoms with van der Waals surface area (Å²) in [5.74, 6) is 1.90. The van der Waals surface area contributed by atoms with Crippen LogP contribution in [0.2, 0.25) is 0 Å². The Morgan fingerprint density at radius 1 is 1.62 bits per heavy atom. The molecule has 0 aromatic heterocycles. The van der Waals surface area contributed by atoms with Crippen molar-refractivity contribution in [2.75, 3.05) is 0 Å². The third-order valence-electron chi connectivity index (χ3n) is 1.02. The molecule has 0 aliphatic heterocycles. The molecule has 0 saturated heterocycles. The highest BCUT2D eigenvalue weighted by atomic mass is 35.5. The molecule has 4 heteroatoms. The van der Waals surface area contributed by atoms with E-state index in [0.29, 0.717) is 0 Å². The molecule has 0 amide bonds. The SMILES string of the molecule is C#C[C@@H](N)CC(=O)OC(C)(C)C.Cl. The summed E-state index contributed by atoms with van der Waals surface area (Å²) < 4.78 is 5.00. The van der Waals surface area contributed by atoms with Gasteiger partial charge in [-0.2, -0.15) is 0 Å². The van der Waals surface area contributed by atoms with Crippen LogP contribution in [0.15, 0.2) is 0 Å². The van der Waals surface area contributed by atoms with E-state index in [2.05, 4.69) is 5.92 Å². The summed E-state index contributed by atoms with van der Waals surface area (Å²) in [5.41, 5.74) is 4.89. The molecule has 0 heterocycles. The van der Waals surface area contributed by atoms with Gasteiger partial charge in [-0.25, -0.2) is 0 Å². The lowest BCUT2D eigenvalue weighted by Gasteiger charge is -2.19. The van der Waals surface area contributed by atoms with Crippen LogP contribution in [0.4, 0.5) is 0 Å². The van der Waals surface area contributed by atoms with E-state index in [-0.39, 0.29) is 24.8 Å². The highest BCUT2D eigenvalue weighted by Crippen LogP contribution is 2.08. The largest absolute Gasteiger partial charge is 0.460 e. The normalized spacial score (nSPS) is 12.2. The minimum absolute atomic E-state index is 0. The first kappa shape index (κ1) is 14.8. The van der Waals surface area contributed by atoms with Crippen LogP contribution in [-0.4, -0.2) is 17.6 Å². The zero-order chi connectivity index (χ0) is 9.78. The Balaban J connectivity index is 0. The van der Waals surface area contributed by atoms with Crippen LogP contribution < -0.4 is 5.73 Å². The van der Waals surface area contributed by atoms with Crippen LogP contribution >= 0.6 is 12.4 Å². The molecule has 1 atom stereocenters. The minimum Gasteiger partial charge on any atom is -0.460 e. The number of ether oxygens (including phenoxy) is 1. The van der Waals surface area contributed by atoms with Crippen LogP contribution in [0.5, 0.6) is 0 Å². The second-order valence-electron chi connectivity index (χ2n) is 3.56. The lowest BCUT2D eigenvalue weighted by atomic mass is 10.2. The molecule has 0 aromatic carbocycles. The molecule has 76 valence electrons. The van der Waals surface area contributed by atoms with Gasteiger partial charge in [0.2, 0.25) is 0 Å². The van der Waals surface area contributed by atoms with Gasteiger partial charge in [-0.1, -0.05) is 5.92 Å². The van der Waals surface area contributed by atoms with Crippen LogP contribution in [0.1, 0.15) is 27.2 Å². The van der Waals surface area contributed by atoms with Crippen LogP contribution in [0.3, 0.4) is 0 Å². The lowest BCUT2D eigenvalue weighted by Crippen LogP contribution is -2.29. The summed E-state index contributed by atoms with van der Waals surface area (Å²) in [6.07, 6.45) is 5.08. The monoisotopic (exact) mass is 205 g/mol. The number of hydrogen-bond acceptors (Lipinski definition) is 3. The summed E-state index contributed by atoms with van der Waals surface area (Å²) in [5, 5.41) is 0. The van der Waals surface area contributed by atoms with Gasteiger partial charge in [-0.05, 0) is 20.8 Å². The van der Waals surface area contributed by atoms with Crippen molar-refractivity contribution in [1.29, 1.82) is 0 Å². The second-order valence-corrected chi connectivity index (χ2v) is 3.56. The van der Waals surface area contributed by atoms with Crippen molar-refractivity contribution in [3.63, 3.8) is 0 Å². The Labute approximate surface area is 85.4 Å². The number of carbonyl (C=O) groups is 1. The first-order chi connectivity index (χ1) is 5.35. The summed E-state index contributed by atoms with van der Waals surface area (Å²) in [4.78, 5) is 11.0. The van der Waals surface area contributed by atoms with E-state index in [1.165, 1.54) is 0 Å². The predicted molar refractivity (Wildman–Crippen MR) is 54.5 cm³/mol. The Hall–Kier alpha value is -0.720. The predicted octanol–water partition coefficient (Wildman–Crippen LogP) is 1.10. The van der Waals surface area contributed by atoms with Crippen molar-refractivity contribution in [2.24, 2.45) is 5.73 Å².